The lowest BCUT2D eigenvalue weighted by Gasteiger charge is -2.06. The molecule has 0 aromatic heterocycles. The van der Waals surface area contributed by atoms with Crippen molar-refractivity contribution in [2.24, 2.45) is 0 Å². The topological polar surface area (TPSA) is 40.5 Å². The second-order valence-electron chi connectivity index (χ2n) is 2.83. The van der Waals surface area contributed by atoms with E-state index >= 15 is 0 Å². The Bertz CT molecular complexity index is 299. The van der Waals surface area contributed by atoms with Crippen molar-refractivity contribution in [2.75, 3.05) is 0 Å². The molecule has 64 valence electrons. The van der Waals surface area contributed by atoms with Crippen molar-refractivity contribution in [3.63, 3.8) is 0 Å². The molecule has 0 unspecified atom stereocenters. The van der Waals surface area contributed by atoms with Crippen LogP contribution < -0.4 is 5.46 Å². The van der Waals surface area contributed by atoms with Crippen LogP contribution in [0.1, 0.15) is 11.1 Å². The lowest BCUT2D eigenvalue weighted by molar-refractivity contribution is 0.426. The predicted octanol–water partition coefficient (Wildman–Crippen LogP) is 0.637. The summed E-state index contributed by atoms with van der Waals surface area (Å²) in [6, 6.07) is 3.41. The van der Waals surface area contributed by atoms with Gasteiger partial charge in [-0.05, 0) is 31.0 Å². The molecule has 0 heterocycles. The summed E-state index contributed by atoms with van der Waals surface area (Å²) < 4.78 is 0. The zero-order valence-electron chi connectivity index (χ0n) is 7.00. The fourth-order valence-corrected chi connectivity index (χ4v) is 1.32. The number of aryl methyl sites for hydroxylation is 2. The van der Waals surface area contributed by atoms with E-state index in [-0.39, 0.29) is 0 Å². The molecule has 0 atom stereocenters. The van der Waals surface area contributed by atoms with Gasteiger partial charge in [0.05, 0.1) is 0 Å². The summed E-state index contributed by atoms with van der Waals surface area (Å²) in [6.45, 7) is 3.83. The second kappa shape index (κ2) is 3.48. The molecule has 0 spiro atoms. The first-order valence-electron chi connectivity index (χ1n) is 3.65. The van der Waals surface area contributed by atoms with E-state index in [1.807, 2.05) is 13.8 Å². The molecule has 1 aromatic carbocycles. The van der Waals surface area contributed by atoms with E-state index < -0.39 is 7.12 Å². The van der Waals surface area contributed by atoms with Gasteiger partial charge >= 0.3 is 7.12 Å². The van der Waals surface area contributed by atoms with Crippen LogP contribution in [0.5, 0.6) is 0 Å². The average molecular weight is 184 g/mol. The van der Waals surface area contributed by atoms with E-state index in [1.54, 1.807) is 12.1 Å². The van der Waals surface area contributed by atoms with Crippen molar-refractivity contribution in [3.05, 3.63) is 28.3 Å². The minimum absolute atomic E-state index is 0.361. The lowest BCUT2D eigenvalue weighted by atomic mass is 9.79. The molecular weight excluding hydrogens is 174 g/mol. The van der Waals surface area contributed by atoms with E-state index in [9.17, 15) is 0 Å². The molecule has 0 radical (unpaired) electrons. The highest BCUT2D eigenvalue weighted by Gasteiger charge is 2.15. The van der Waals surface area contributed by atoms with E-state index in [0.29, 0.717) is 10.5 Å². The van der Waals surface area contributed by atoms with Crippen molar-refractivity contribution < 1.29 is 10.0 Å². The van der Waals surface area contributed by atoms with Crippen LogP contribution in [-0.2, 0) is 0 Å². The van der Waals surface area contributed by atoms with Gasteiger partial charge in [-0.3, -0.25) is 0 Å². The third-order valence-electron chi connectivity index (χ3n) is 1.89. The first-order chi connectivity index (χ1) is 5.52. The molecule has 0 aliphatic heterocycles. The van der Waals surface area contributed by atoms with E-state index in [1.165, 1.54) is 0 Å². The van der Waals surface area contributed by atoms with Crippen LogP contribution in [0.2, 0.25) is 5.02 Å². The summed E-state index contributed by atoms with van der Waals surface area (Å²) in [7, 11) is -1.49. The molecule has 0 fully saturated rings. The Kier molecular flexibility index (Phi) is 2.78. The number of halogens is 1. The molecule has 1 rings (SSSR count). The molecule has 0 aliphatic rings. The van der Waals surface area contributed by atoms with Crippen molar-refractivity contribution in [1.29, 1.82) is 0 Å². The van der Waals surface area contributed by atoms with E-state index in [0.717, 1.165) is 11.1 Å². The maximum Gasteiger partial charge on any atom is 0.489 e. The fourth-order valence-electron chi connectivity index (χ4n) is 1.00. The molecule has 2 N–H and O–H groups in total. The van der Waals surface area contributed by atoms with Gasteiger partial charge < -0.3 is 10.0 Å². The Labute approximate surface area is 76.9 Å². The molecule has 0 saturated carbocycles. The highest BCUT2D eigenvalue weighted by molar-refractivity contribution is 6.62. The number of hydrogen-bond acceptors (Lipinski definition) is 2. The first-order valence-corrected chi connectivity index (χ1v) is 4.03. The van der Waals surface area contributed by atoms with Gasteiger partial charge in [0.2, 0.25) is 0 Å². The van der Waals surface area contributed by atoms with Crippen LogP contribution >= 0.6 is 11.6 Å². The molecule has 1 aromatic rings. The molecule has 0 amide bonds. The molecule has 0 saturated heterocycles. The van der Waals surface area contributed by atoms with Crippen LogP contribution in [0.25, 0.3) is 0 Å². The van der Waals surface area contributed by atoms with Gasteiger partial charge in [0, 0.05) is 10.5 Å². The maximum absolute atomic E-state index is 8.89. The van der Waals surface area contributed by atoms with Crippen LogP contribution in [0.4, 0.5) is 0 Å². The molecule has 2 nitrogen and oxygen atoms in total. The number of rotatable bonds is 1. The minimum Gasteiger partial charge on any atom is -0.423 e. The summed E-state index contributed by atoms with van der Waals surface area (Å²) in [4.78, 5) is 0. The zero-order valence-corrected chi connectivity index (χ0v) is 7.76. The van der Waals surface area contributed by atoms with Crippen molar-refractivity contribution in [3.8, 4) is 0 Å². The highest BCUT2D eigenvalue weighted by Crippen LogP contribution is 2.12. The molecular formula is C8H10BClO2. The third kappa shape index (κ3) is 1.80. The molecule has 12 heavy (non-hydrogen) atoms. The lowest BCUT2D eigenvalue weighted by Crippen LogP contribution is -2.31. The Morgan fingerprint density at radius 1 is 1.17 bits per heavy atom. The highest BCUT2D eigenvalue weighted by atomic mass is 35.5. The Morgan fingerprint density at radius 3 is 2.17 bits per heavy atom. The summed E-state index contributed by atoms with van der Waals surface area (Å²) in [5.74, 6) is 0. The largest absolute Gasteiger partial charge is 0.489 e. The van der Waals surface area contributed by atoms with Crippen LogP contribution in [0, 0.1) is 13.8 Å². The smallest absolute Gasteiger partial charge is 0.423 e. The maximum atomic E-state index is 8.89. The minimum atomic E-state index is -1.49. The van der Waals surface area contributed by atoms with Gasteiger partial charge in [0.1, 0.15) is 0 Å². The molecule has 4 heteroatoms. The summed E-state index contributed by atoms with van der Waals surface area (Å²) >= 11 is 5.78. The zero-order chi connectivity index (χ0) is 9.30. The SMILES string of the molecule is Cc1cc(Cl)c(B(O)O)cc1C. The Balaban J connectivity index is 3.23. The third-order valence-corrected chi connectivity index (χ3v) is 2.22. The standard InChI is InChI=1S/C8H10BClO2/c1-5-3-7(9(11)12)8(10)4-6(5)2/h3-4,11-12H,1-2H3. The van der Waals surface area contributed by atoms with Crippen LogP contribution in [0.3, 0.4) is 0 Å². The number of hydrogen-bond donors (Lipinski definition) is 2. The van der Waals surface area contributed by atoms with Crippen LogP contribution in [-0.4, -0.2) is 17.2 Å². The Hall–Kier alpha value is -0.505. The predicted molar refractivity (Wildman–Crippen MR) is 50.8 cm³/mol. The second-order valence-corrected chi connectivity index (χ2v) is 3.24. The van der Waals surface area contributed by atoms with E-state index in [4.69, 9.17) is 21.6 Å². The monoisotopic (exact) mass is 184 g/mol. The quantitative estimate of drug-likeness (QED) is 0.629. The average Bonchev–Trinajstić information content (AvgIpc) is 1.96. The van der Waals surface area contributed by atoms with Crippen molar-refractivity contribution >= 4 is 24.2 Å². The summed E-state index contributed by atoms with van der Waals surface area (Å²) in [6.07, 6.45) is 0. The molecule has 0 aliphatic carbocycles. The molecule has 0 bridgehead atoms. The normalized spacial score (nSPS) is 10.1. The number of benzene rings is 1. The van der Waals surface area contributed by atoms with Gasteiger partial charge in [0.15, 0.2) is 0 Å². The van der Waals surface area contributed by atoms with Crippen molar-refractivity contribution in [1.82, 2.24) is 0 Å². The first kappa shape index (κ1) is 9.58. The van der Waals surface area contributed by atoms with Gasteiger partial charge in [-0.2, -0.15) is 0 Å². The van der Waals surface area contributed by atoms with Gasteiger partial charge in [0.25, 0.3) is 0 Å². The fraction of sp³-hybridized carbons (Fsp3) is 0.250. The van der Waals surface area contributed by atoms with Gasteiger partial charge in [-0.25, -0.2) is 0 Å². The van der Waals surface area contributed by atoms with Crippen molar-refractivity contribution in [2.45, 2.75) is 13.8 Å². The van der Waals surface area contributed by atoms with Crippen LogP contribution in [0.15, 0.2) is 12.1 Å². The summed E-state index contributed by atoms with van der Waals surface area (Å²) in [5, 5.41) is 18.2. The summed E-state index contributed by atoms with van der Waals surface area (Å²) in [5.41, 5.74) is 2.41. The van der Waals surface area contributed by atoms with Gasteiger partial charge in [-0.1, -0.05) is 17.7 Å². The van der Waals surface area contributed by atoms with Gasteiger partial charge in [-0.15, -0.1) is 0 Å². The van der Waals surface area contributed by atoms with E-state index in [2.05, 4.69) is 0 Å². The Morgan fingerprint density at radius 2 is 1.67 bits per heavy atom.